The number of amides is 1. The van der Waals surface area contributed by atoms with Crippen LogP contribution in [-0.2, 0) is 4.79 Å². The van der Waals surface area contributed by atoms with E-state index < -0.39 is 0 Å². The van der Waals surface area contributed by atoms with Crippen LogP contribution >= 0.6 is 0 Å². The van der Waals surface area contributed by atoms with Gasteiger partial charge in [-0.25, -0.2) is 0 Å². The smallest absolute Gasteiger partial charge is 0.224 e. The van der Waals surface area contributed by atoms with Crippen molar-refractivity contribution in [3.63, 3.8) is 0 Å². The summed E-state index contributed by atoms with van der Waals surface area (Å²) in [4.78, 5) is 13.8. The molecule has 0 atom stereocenters. The number of likely N-dealkylation sites (N-methyl/N-ethyl adjacent to an activating group) is 1. The lowest BCUT2D eigenvalue weighted by atomic mass is 10.2. The number of hydrogen-bond donors (Lipinski definition) is 1. The van der Waals surface area contributed by atoms with Crippen molar-refractivity contribution in [3.8, 4) is 5.75 Å². The number of hydrogen-bond acceptors (Lipinski definition) is 3. The Hall–Kier alpha value is -1.55. The second kappa shape index (κ2) is 9.37. The maximum atomic E-state index is 11.7. The summed E-state index contributed by atoms with van der Waals surface area (Å²) in [6.45, 7) is 3.64. The number of benzene rings is 1. The lowest BCUT2D eigenvalue weighted by molar-refractivity contribution is -0.116. The van der Waals surface area contributed by atoms with E-state index in [2.05, 4.69) is 17.1 Å². The average Bonchev–Trinajstić information content (AvgIpc) is 2.39. The summed E-state index contributed by atoms with van der Waals surface area (Å²) in [7, 11) is 4.02. The standard InChI is InChI=1S/C16H26N2O2/c1-4-5-6-10-16(19)17-14-8-7-9-15(13-14)20-12-11-18(2)3/h7-9,13H,4-6,10-12H2,1-3H3,(H,17,19). The summed E-state index contributed by atoms with van der Waals surface area (Å²) >= 11 is 0. The van der Waals surface area contributed by atoms with Gasteiger partial charge in [-0.1, -0.05) is 25.8 Å². The van der Waals surface area contributed by atoms with Crippen LogP contribution in [0.1, 0.15) is 32.6 Å². The molecule has 4 heteroatoms. The zero-order valence-corrected chi connectivity index (χ0v) is 12.8. The molecular weight excluding hydrogens is 252 g/mol. The van der Waals surface area contributed by atoms with Gasteiger partial charge < -0.3 is 15.0 Å². The Labute approximate surface area is 122 Å². The third kappa shape index (κ3) is 7.14. The predicted octanol–water partition coefficient (Wildman–Crippen LogP) is 3.15. The van der Waals surface area contributed by atoms with E-state index in [1.54, 1.807) is 0 Å². The minimum absolute atomic E-state index is 0.0730. The Morgan fingerprint density at radius 1 is 1.30 bits per heavy atom. The van der Waals surface area contributed by atoms with E-state index in [4.69, 9.17) is 4.74 Å². The lowest BCUT2D eigenvalue weighted by Gasteiger charge is -2.12. The van der Waals surface area contributed by atoms with Gasteiger partial charge in [-0.2, -0.15) is 0 Å². The van der Waals surface area contributed by atoms with Gasteiger partial charge in [0, 0.05) is 24.7 Å². The summed E-state index contributed by atoms with van der Waals surface area (Å²) in [6.07, 6.45) is 3.75. The summed E-state index contributed by atoms with van der Waals surface area (Å²) in [6, 6.07) is 7.55. The van der Waals surface area contributed by atoms with Crippen LogP contribution in [0, 0.1) is 0 Å². The third-order valence-electron chi connectivity index (χ3n) is 2.93. The molecule has 1 aromatic rings. The van der Waals surface area contributed by atoms with E-state index in [1.807, 2.05) is 38.4 Å². The number of nitrogens with one attached hydrogen (secondary N) is 1. The van der Waals surface area contributed by atoms with E-state index in [0.29, 0.717) is 13.0 Å². The molecule has 0 radical (unpaired) electrons. The molecule has 0 aliphatic carbocycles. The minimum Gasteiger partial charge on any atom is -0.492 e. The second-order valence-electron chi connectivity index (χ2n) is 5.18. The van der Waals surface area contributed by atoms with Crippen molar-refractivity contribution in [2.24, 2.45) is 0 Å². The molecule has 0 aliphatic rings. The van der Waals surface area contributed by atoms with Crippen molar-refractivity contribution in [2.45, 2.75) is 32.6 Å². The Balaban J connectivity index is 2.40. The fourth-order valence-corrected chi connectivity index (χ4v) is 1.77. The molecular formula is C16H26N2O2. The van der Waals surface area contributed by atoms with Gasteiger partial charge >= 0.3 is 0 Å². The van der Waals surface area contributed by atoms with E-state index in [1.165, 1.54) is 0 Å². The van der Waals surface area contributed by atoms with Crippen LogP contribution in [0.25, 0.3) is 0 Å². The summed E-state index contributed by atoms with van der Waals surface area (Å²) in [5.41, 5.74) is 0.800. The predicted molar refractivity (Wildman–Crippen MR) is 83.3 cm³/mol. The van der Waals surface area contributed by atoms with E-state index in [0.717, 1.165) is 37.2 Å². The lowest BCUT2D eigenvalue weighted by Crippen LogP contribution is -2.19. The Morgan fingerprint density at radius 3 is 2.80 bits per heavy atom. The molecule has 4 nitrogen and oxygen atoms in total. The van der Waals surface area contributed by atoms with Crippen LogP contribution in [0.5, 0.6) is 5.75 Å². The topological polar surface area (TPSA) is 41.6 Å². The summed E-state index contributed by atoms with van der Waals surface area (Å²) in [5, 5.41) is 2.91. The van der Waals surface area contributed by atoms with Gasteiger partial charge in [-0.3, -0.25) is 4.79 Å². The first-order valence-electron chi connectivity index (χ1n) is 7.29. The van der Waals surface area contributed by atoms with Gasteiger partial charge in [0.15, 0.2) is 0 Å². The summed E-state index contributed by atoms with van der Waals surface area (Å²) in [5.74, 6) is 0.863. The molecule has 0 unspecified atom stereocenters. The van der Waals surface area contributed by atoms with Crippen LogP contribution in [0.15, 0.2) is 24.3 Å². The quantitative estimate of drug-likeness (QED) is 0.706. The van der Waals surface area contributed by atoms with Crippen molar-refractivity contribution in [1.29, 1.82) is 0 Å². The first-order chi connectivity index (χ1) is 9.61. The summed E-state index contributed by atoms with van der Waals surface area (Å²) < 4.78 is 5.64. The number of ether oxygens (including phenoxy) is 1. The molecule has 1 amide bonds. The van der Waals surface area contributed by atoms with Gasteiger partial charge in [0.2, 0.25) is 5.91 Å². The number of rotatable bonds is 9. The van der Waals surface area contributed by atoms with Crippen molar-refractivity contribution in [2.75, 3.05) is 32.6 Å². The Morgan fingerprint density at radius 2 is 2.10 bits per heavy atom. The molecule has 0 bridgehead atoms. The molecule has 0 aromatic heterocycles. The Kier molecular flexibility index (Phi) is 7.73. The molecule has 0 heterocycles. The maximum Gasteiger partial charge on any atom is 0.224 e. The molecule has 0 saturated heterocycles. The molecule has 1 N–H and O–H groups in total. The fraction of sp³-hybridized carbons (Fsp3) is 0.562. The molecule has 0 aliphatic heterocycles. The first kappa shape index (κ1) is 16.5. The highest BCUT2D eigenvalue weighted by atomic mass is 16.5. The van der Waals surface area contributed by atoms with E-state index in [9.17, 15) is 4.79 Å². The van der Waals surface area contributed by atoms with Gasteiger partial charge in [-0.05, 0) is 32.6 Å². The molecule has 0 spiro atoms. The molecule has 0 fully saturated rings. The average molecular weight is 278 g/mol. The number of unbranched alkanes of at least 4 members (excludes halogenated alkanes) is 2. The monoisotopic (exact) mass is 278 g/mol. The molecule has 112 valence electrons. The highest BCUT2D eigenvalue weighted by Crippen LogP contribution is 2.17. The molecule has 20 heavy (non-hydrogen) atoms. The maximum absolute atomic E-state index is 11.7. The molecule has 1 aromatic carbocycles. The van der Waals surface area contributed by atoms with Crippen LogP contribution < -0.4 is 10.1 Å². The Bertz CT molecular complexity index is 405. The van der Waals surface area contributed by atoms with Gasteiger partial charge in [-0.15, -0.1) is 0 Å². The number of anilines is 1. The van der Waals surface area contributed by atoms with Crippen LogP contribution in [0.3, 0.4) is 0 Å². The largest absolute Gasteiger partial charge is 0.492 e. The van der Waals surface area contributed by atoms with Crippen molar-refractivity contribution in [3.05, 3.63) is 24.3 Å². The second-order valence-corrected chi connectivity index (χ2v) is 5.18. The highest BCUT2D eigenvalue weighted by Gasteiger charge is 2.03. The third-order valence-corrected chi connectivity index (χ3v) is 2.93. The number of nitrogens with zero attached hydrogens (tertiary/aromatic N) is 1. The molecule has 1 rings (SSSR count). The normalized spacial score (nSPS) is 10.6. The van der Waals surface area contributed by atoms with Gasteiger partial charge in [0.05, 0.1) is 0 Å². The van der Waals surface area contributed by atoms with Gasteiger partial charge in [0.1, 0.15) is 12.4 Å². The van der Waals surface area contributed by atoms with E-state index in [-0.39, 0.29) is 5.91 Å². The SMILES string of the molecule is CCCCCC(=O)Nc1cccc(OCCN(C)C)c1. The van der Waals surface area contributed by atoms with Crippen LogP contribution in [0.2, 0.25) is 0 Å². The number of carbonyl (C=O) groups excluding carboxylic acids is 1. The number of carbonyl (C=O) groups is 1. The van der Waals surface area contributed by atoms with Crippen molar-refractivity contribution < 1.29 is 9.53 Å². The van der Waals surface area contributed by atoms with Crippen molar-refractivity contribution >= 4 is 11.6 Å². The van der Waals surface area contributed by atoms with E-state index >= 15 is 0 Å². The fourth-order valence-electron chi connectivity index (χ4n) is 1.77. The van der Waals surface area contributed by atoms with Gasteiger partial charge in [0.25, 0.3) is 0 Å². The first-order valence-corrected chi connectivity index (χ1v) is 7.29. The highest BCUT2D eigenvalue weighted by molar-refractivity contribution is 5.90. The molecule has 0 saturated carbocycles. The minimum atomic E-state index is 0.0730. The van der Waals surface area contributed by atoms with Crippen LogP contribution in [-0.4, -0.2) is 38.1 Å². The van der Waals surface area contributed by atoms with Crippen molar-refractivity contribution in [1.82, 2.24) is 4.90 Å². The zero-order chi connectivity index (χ0) is 14.8. The zero-order valence-electron chi connectivity index (χ0n) is 12.8. The van der Waals surface area contributed by atoms with Crippen LogP contribution in [0.4, 0.5) is 5.69 Å².